The summed E-state index contributed by atoms with van der Waals surface area (Å²) in [4.78, 5) is 2.48. The van der Waals surface area contributed by atoms with Gasteiger partial charge < -0.3 is 9.47 Å². The third-order valence-corrected chi connectivity index (χ3v) is 10.7. The van der Waals surface area contributed by atoms with Crippen molar-refractivity contribution in [2.45, 2.75) is 6.92 Å². The molecule has 0 radical (unpaired) electrons. The monoisotopic (exact) mass is 676 g/mol. The first-order valence-corrected chi connectivity index (χ1v) is 18.3. The lowest BCUT2D eigenvalue weighted by Gasteiger charge is -2.29. The molecule has 250 valence electrons. The lowest BCUT2D eigenvalue weighted by atomic mass is 9.90. The van der Waals surface area contributed by atoms with Crippen LogP contribution in [0.4, 0.5) is 17.1 Å². The number of benzene rings is 9. The Labute approximate surface area is 309 Å². The van der Waals surface area contributed by atoms with Gasteiger partial charge in [-0.3, -0.25) is 0 Å². The van der Waals surface area contributed by atoms with Crippen LogP contribution in [0.2, 0.25) is 0 Å². The van der Waals surface area contributed by atoms with E-state index in [1.807, 2.05) is 0 Å². The van der Waals surface area contributed by atoms with Crippen LogP contribution in [0, 0.1) is 6.92 Å². The van der Waals surface area contributed by atoms with Gasteiger partial charge in [-0.2, -0.15) is 0 Å². The van der Waals surface area contributed by atoms with Gasteiger partial charge in [-0.1, -0.05) is 140 Å². The van der Waals surface area contributed by atoms with Crippen molar-refractivity contribution in [3.63, 3.8) is 0 Å². The molecule has 0 amide bonds. The van der Waals surface area contributed by atoms with E-state index in [9.17, 15) is 0 Å². The van der Waals surface area contributed by atoms with Crippen LogP contribution in [0.15, 0.2) is 200 Å². The third-order valence-electron chi connectivity index (χ3n) is 10.7. The van der Waals surface area contributed by atoms with Gasteiger partial charge in [0.15, 0.2) is 0 Å². The maximum absolute atomic E-state index is 2.48. The highest BCUT2D eigenvalue weighted by Crippen LogP contribution is 2.48. The van der Waals surface area contributed by atoms with Crippen LogP contribution in [-0.4, -0.2) is 4.57 Å². The maximum atomic E-state index is 2.48. The molecule has 0 atom stereocenters. The summed E-state index contributed by atoms with van der Waals surface area (Å²) in [6.07, 6.45) is 0. The van der Waals surface area contributed by atoms with Gasteiger partial charge in [0, 0.05) is 38.6 Å². The number of nitrogens with zero attached hydrogens (tertiary/aromatic N) is 2. The minimum Gasteiger partial charge on any atom is -0.309 e. The van der Waals surface area contributed by atoms with Crippen LogP contribution in [0.25, 0.3) is 71.3 Å². The number of fused-ring (bicyclic) bond motifs is 5. The molecule has 0 bridgehead atoms. The number of rotatable bonds is 6. The Kier molecular flexibility index (Phi) is 7.40. The van der Waals surface area contributed by atoms with Gasteiger partial charge in [0.25, 0.3) is 0 Å². The molecule has 0 N–H and O–H groups in total. The van der Waals surface area contributed by atoms with Crippen LogP contribution in [0.3, 0.4) is 0 Å². The van der Waals surface area contributed by atoms with Gasteiger partial charge in [0.2, 0.25) is 0 Å². The predicted molar refractivity (Wildman–Crippen MR) is 226 cm³/mol. The van der Waals surface area contributed by atoms with Crippen molar-refractivity contribution in [2.24, 2.45) is 0 Å². The third kappa shape index (κ3) is 5.19. The van der Waals surface area contributed by atoms with Crippen LogP contribution >= 0.6 is 0 Å². The quantitative estimate of drug-likeness (QED) is 0.159. The smallest absolute Gasteiger partial charge is 0.0618 e. The van der Waals surface area contributed by atoms with Crippen LogP contribution in [0.1, 0.15) is 5.56 Å². The Bertz CT molecular complexity index is 2930. The molecule has 0 fully saturated rings. The Morgan fingerprint density at radius 1 is 0.340 bits per heavy atom. The zero-order chi connectivity index (χ0) is 35.3. The van der Waals surface area contributed by atoms with Crippen molar-refractivity contribution < 1.29 is 0 Å². The van der Waals surface area contributed by atoms with E-state index in [0.717, 1.165) is 17.1 Å². The lowest BCUT2D eigenvalue weighted by molar-refractivity contribution is 1.18. The van der Waals surface area contributed by atoms with Gasteiger partial charge in [0.1, 0.15) is 0 Å². The SMILES string of the molecule is Cc1c2cc(-c3ccccc3)ccc2c(N(c2ccccc2)c2ccc3c(c2)c2ccccc2n3-c2ccccc2)c2cc(-c3ccccc3)ccc12. The van der Waals surface area contributed by atoms with E-state index in [1.165, 1.54) is 76.9 Å². The molecule has 0 aliphatic heterocycles. The Morgan fingerprint density at radius 2 is 0.887 bits per heavy atom. The Hall–Kier alpha value is -6.90. The average molecular weight is 677 g/mol. The summed E-state index contributed by atoms with van der Waals surface area (Å²) < 4.78 is 2.38. The fourth-order valence-electron chi connectivity index (χ4n) is 8.22. The zero-order valence-corrected chi connectivity index (χ0v) is 29.4. The Morgan fingerprint density at radius 3 is 1.57 bits per heavy atom. The number of para-hydroxylation sites is 3. The van der Waals surface area contributed by atoms with E-state index in [4.69, 9.17) is 0 Å². The highest BCUT2D eigenvalue weighted by Gasteiger charge is 2.23. The molecule has 9 aromatic carbocycles. The number of aromatic nitrogens is 1. The van der Waals surface area contributed by atoms with Gasteiger partial charge >= 0.3 is 0 Å². The molecule has 1 heterocycles. The number of hydrogen-bond acceptors (Lipinski definition) is 1. The second kappa shape index (κ2) is 12.7. The van der Waals surface area contributed by atoms with E-state index >= 15 is 0 Å². The zero-order valence-electron chi connectivity index (χ0n) is 29.4. The van der Waals surface area contributed by atoms with Crippen LogP contribution in [-0.2, 0) is 0 Å². The van der Waals surface area contributed by atoms with Crippen molar-refractivity contribution >= 4 is 60.4 Å². The summed E-state index contributed by atoms with van der Waals surface area (Å²) in [5.41, 5.74) is 13.1. The first kappa shape index (κ1) is 30.9. The molecule has 0 saturated heterocycles. The summed E-state index contributed by atoms with van der Waals surface area (Å²) in [5, 5.41) is 7.40. The molecule has 2 heteroatoms. The highest BCUT2D eigenvalue weighted by atomic mass is 15.1. The molecule has 0 aliphatic rings. The van der Waals surface area contributed by atoms with Crippen LogP contribution < -0.4 is 4.90 Å². The van der Waals surface area contributed by atoms with Crippen molar-refractivity contribution in [3.05, 3.63) is 206 Å². The van der Waals surface area contributed by atoms with Crippen molar-refractivity contribution in [1.82, 2.24) is 4.57 Å². The van der Waals surface area contributed by atoms with E-state index < -0.39 is 0 Å². The molecule has 0 saturated carbocycles. The summed E-state index contributed by atoms with van der Waals surface area (Å²) in [6.45, 7) is 2.28. The molecule has 1 aromatic heterocycles. The predicted octanol–water partition coefficient (Wildman–Crippen LogP) is 14.2. The van der Waals surface area contributed by atoms with E-state index in [0.29, 0.717) is 0 Å². The first-order valence-electron chi connectivity index (χ1n) is 18.3. The van der Waals surface area contributed by atoms with Crippen molar-refractivity contribution in [2.75, 3.05) is 4.90 Å². The minimum absolute atomic E-state index is 1.11. The average Bonchev–Trinajstić information content (AvgIpc) is 3.57. The summed E-state index contributed by atoms with van der Waals surface area (Å²) in [5.74, 6) is 0. The molecule has 0 spiro atoms. The number of hydrogen-bond donors (Lipinski definition) is 0. The summed E-state index contributed by atoms with van der Waals surface area (Å²) in [6, 6.07) is 72.7. The normalized spacial score (nSPS) is 11.5. The lowest BCUT2D eigenvalue weighted by Crippen LogP contribution is -2.11. The van der Waals surface area contributed by atoms with Gasteiger partial charge in [-0.15, -0.1) is 0 Å². The van der Waals surface area contributed by atoms with Crippen LogP contribution in [0.5, 0.6) is 0 Å². The fourth-order valence-corrected chi connectivity index (χ4v) is 8.22. The van der Waals surface area contributed by atoms with Gasteiger partial charge in [-0.05, 0) is 106 Å². The van der Waals surface area contributed by atoms with Gasteiger partial charge in [-0.25, -0.2) is 0 Å². The van der Waals surface area contributed by atoms with Crippen molar-refractivity contribution in [1.29, 1.82) is 0 Å². The second-order valence-electron chi connectivity index (χ2n) is 13.8. The molecular weight excluding hydrogens is 641 g/mol. The number of anilines is 3. The number of aryl methyl sites for hydroxylation is 1. The summed E-state index contributed by atoms with van der Waals surface area (Å²) >= 11 is 0. The molecule has 0 unspecified atom stereocenters. The standard InChI is InChI=1S/C51H36N2/c1-35-43-29-26-39(37-18-8-3-9-19-37)33-48(43)51(45-30-27-38(32-46(35)45)36-16-6-2-7-17-36)52(40-20-10-4-11-21-40)42-28-31-50-47(34-42)44-24-14-15-25-49(44)53(50)41-22-12-5-13-23-41/h2-34H,1H3. The topological polar surface area (TPSA) is 8.17 Å². The molecule has 10 rings (SSSR count). The molecular formula is C51H36N2. The largest absolute Gasteiger partial charge is 0.309 e. The summed E-state index contributed by atoms with van der Waals surface area (Å²) in [7, 11) is 0. The molecule has 10 aromatic rings. The Balaban J connectivity index is 1.30. The van der Waals surface area contributed by atoms with E-state index in [-0.39, 0.29) is 0 Å². The highest BCUT2D eigenvalue weighted by molar-refractivity contribution is 6.18. The molecule has 0 aliphatic carbocycles. The van der Waals surface area contributed by atoms with Gasteiger partial charge in [0.05, 0.1) is 16.7 Å². The second-order valence-corrected chi connectivity index (χ2v) is 13.8. The van der Waals surface area contributed by atoms with Crippen molar-refractivity contribution in [3.8, 4) is 27.9 Å². The fraction of sp³-hybridized carbons (Fsp3) is 0.0196. The molecule has 53 heavy (non-hydrogen) atoms. The minimum atomic E-state index is 1.11. The van der Waals surface area contributed by atoms with E-state index in [1.54, 1.807) is 0 Å². The first-order chi connectivity index (χ1) is 26.2. The molecule has 2 nitrogen and oxygen atoms in total. The van der Waals surface area contributed by atoms with E-state index in [2.05, 4.69) is 217 Å². The maximum Gasteiger partial charge on any atom is 0.0618 e.